The highest BCUT2D eigenvalue weighted by molar-refractivity contribution is 6.30. The summed E-state index contributed by atoms with van der Waals surface area (Å²) in [6, 6.07) is 4.24. The number of nitrogens with zero attached hydrogens (tertiary/aromatic N) is 1. The van der Waals surface area contributed by atoms with Gasteiger partial charge in [-0.2, -0.15) is 13.2 Å². The SMILES string of the molecule is N=C(c1ccc(Cl)cc1)N(C[C@@H](O)C(F)(F)F)C(N)=O. The van der Waals surface area contributed by atoms with Crippen LogP contribution in [0.1, 0.15) is 5.56 Å². The van der Waals surface area contributed by atoms with Crippen LogP contribution in [-0.4, -0.2) is 40.7 Å². The number of amides is 2. The number of amidine groups is 1. The van der Waals surface area contributed by atoms with Gasteiger partial charge >= 0.3 is 12.2 Å². The van der Waals surface area contributed by atoms with Crippen LogP contribution < -0.4 is 5.73 Å². The number of halogens is 4. The third kappa shape index (κ3) is 4.10. The number of hydrogen-bond donors (Lipinski definition) is 3. The van der Waals surface area contributed by atoms with E-state index in [0.29, 0.717) is 9.92 Å². The second-order valence-corrected chi connectivity index (χ2v) is 4.30. The Labute approximate surface area is 117 Å². The fourth-order valence-electron chi connectivity index (χ4n) is 1.33. The zero-order chi connectivity index (χ0) is 15.5. The number of alkyl halides is 3. The Morgan fingerprint density at radius 1 is 1.40 bits per heavy atom. The second-order valence-electron chi connectivity index (χ2n) is 3.86. The highest BCUT2D eigenvalue weighted by Gasteiger charge is 2.40. The quantitative estimate of drug-likeness (QED) is 0.588. The Balaban J connectivity index is 2.94. The number of carbonyl (C=O) groups is 1. The monoisotopic (exact) mass is 309 g/mol. The zero-order valence-electron chi connectivity index (χ0n) is 9.99. The Morgan fingerprint density at radius 2 is 1.90 bits per heavy atom. The molecule has 1 rings (SSSR count). The van der Waals surface area contributed by atoms with Crippen molar-refractivity contribution in [2.45, 2.75) is 12.3 Å². The zero-order valence-corrected chi connectivity index (χ0v) is 10.7. The summed E-state index contributed by atoms with van der Waals surface area (Å²) in [5.41, 5.74) is 5.08. The molecule has 1 atom stereocenters. The van der Waals surface area contributed by atoms with Crippen LogP contribution in [0.5, 0.6) is 0 Å². The Bertz CT molecular complexity index is 505. The van der Waals surface area contributed by atoms with E-state index in [1.54, 1.807) is 0 Å². The molecule has 0 spiro atoms. The van der Waals surface area contributed by atoms with Crippen molar-refractivity contribution < 1.29 is 23.1 Å². The summed E-state index contributed by atoms with van der Waals surface area (Å²) in [6.45, 7) is -1.15. The third-order valence-electron chi connectivity index (χ3n) is 2.39. The standard InChI is InChI=1S/C11H11ClF3N3O2/c12-7-3-1-6(2-4-7)9(16)18(10(17)20)5-8(19)11(13,14)15/h1-4,8,16,19H,5H2,(H2,17,20)/t8-/m1/s1. The number of primary amides is 1. The number of carbonyl (C=O) groups excluding carboxylic acids is 1. The molecule has 0 heterocycles. The molecule has 0 aliphatic carbocycles. The van der Waals surface area contributed by atoms with Crippen LogP contribution in [0.25, 0.3) is 0 Å². The van der Waals surface area contributed by atoms with Gasteiger partial charge in [0.1, 0.15) is 5.84 Å². The van der Waals surface area contributed by atoms with E-state index in [4.69, 9.17) is 27.9 Å². The van der Waals surface area contributed by atoms with Gasteiger partial charge in [-0.15, -0.1) is 0 Å². The molecule has 0 aliphatic heterocycles. The first-order valence-corrected chi connectivity index (χ1v) is 5.67. The van der Waals surface area contributed by atoms with Gasteiger partial charge < -0.3 is 10.8 Å². The van der Waals surface area contributed by atoms with Crippen molar-refractivity contribution in [3.63, 3.8) is 0 Å². The molecule has 0 aromatic heterocycles. The van der Waals surface area contributed by atoms with E-state index in [0.717, 1.165) is 0 Å². The predicted octanol–water partition coefficient (Wildman–Crippen LogP) is 1.97. The minimum absolute atomic E-state index is 0.141. The van der Waals surface area contributed by atoms with Gasteiger partial charge in [-0.05, 0) is 24.3 Å². The molecule has 9 heteroatoms. The van der Waals surface area contributed by atoms with Gasteiger partial charge in [0, 0.05) is 10.6 Å². The highest BCUT2D eigenvalue weighted by Crippen LogP contribution is 2.21. The normalized spacial score (nSPS) is 12.8. The number of aliphatic hydroxyl groups is 1. The summed E-state index contributed by atoms with van der Waals surface area (Å²) in [5, 5.41) is 17.0. The van der Waals surface area contributed by atoms with E-state index in [-0.39, 0.29) is 5.56 Å². The van der Waals surface area contributed by atoms with Crippen LogP contribution in [0.3, 0.4) is 0 Å². The molecule has 0 unspecified atom stereocenters. The van der Waals surface area contributed by atoms with Gasteiger partial charge in [-0.3, -0.25) is 10.3 Å². The van der Waals surface area contributed by atoms with E-state index in [1.165, 1.54) is 24.3 Å². The van der Waals surface area contributed by atoms with Crippen molar-refractivity contribution in [3.8, 4) is 0 Å². The average molecular weight is 310 g/mol. The molecular weight excluding hydrogens is 299 g/mol. The lowest BCUT2D eigenvalue weighted by Crippen LogP contribution is -2.48. The van der Waals surface area contributed by atoms with E-state index in [2.05, 4.69) is 0 Å². The van der Waals surface area contributed by atoms with Crippen LogP contribution in [0, 0.1) is 5.41 Å². The minimum Gasteiger partial charge on any atom is -0.382 e. The maximum atomic E-state index is 12.3. The van der Waals surface area contributed by atoms with Gasteiger partial charge in [-0.1, -0.05) is 11.6 Å². The van der Waals surface area contributed by atoms with Crippen molar-refractivity contribution in [3.05, 3.63) is 34.9 Å². The number of hydrogen-bond acceptors (Lipinski definition) is 3. The predicted molar refractivity (Wildman–Crippen MR) is 66.6 cm³/mol. The van der Waals surface area contributed by atoms with Gasteiger partial charge in [0.2, 0.25) is 0 Å². The second kappa shape index (κ2) is 6.10. The molecule has 110 valence electrons. The lowest BCUT2D eigenvalue weighted by atomic mass is 10.2. The van der Waals surface area contributed by atoms with E-state index < -0.39 is 30.7 Å². The largest absolute Gasteiger partial charge is 0.416 e. The molecule has 0 bridgehead atoms. The molecule has 0 saturated carbocycles. The highest BCUT2D eigenvalue weighted by atomic mass is 35.5. The fourth-order valence-corrected chi connectivity index (χ4v) is 1.46. The van der Waals surface area contributed by atoms with Crippen LogP contribution >= 0.6 is 11.6 Å². The number of benzene rings is 1. The van der Waals surface area contributed by atoms with Crippen molar-refractivity contribution in [1.29, 1.82) is 5.41 Å². The van der Waals surface area contributed by atoms with E-state index in [1.807, 2.05) is 0 Å². The Morgan fingerprint density at radius 3 is 2.30 bits per heavy atom. The maximum absolute atomic E-state index is 12.3. The van der Waals surface area contributed by atoms with Crippen LogP contribution in [-0.2, 0) is 0 Å². The molecule has 0 aliphatic rings. The van der Waals surface area contributed by atoms with Gasteiger partial charge in [0.25, 0.3) is 0 Å². The maximum Gasteiger partial charge on any atom is 0.416 e. The molecule has 0 fully saturated rings. The first kappa shape index (κ1) is 16.3. The molecule has 0 radical (unpaired) electrons. The summed E-state index contributed by atoms with van der Waals surface area (Å²) in [4.78, 5) is 11.5. The first-order chi connectivity index (χ1) is 9.12. The summed E-state index contributed by atoms with van der Waals surface area (Å²) in [7, 11) is 0. The molecule has 1 aromatic rings. The summed E-state index contributed by atoms with van der Waals surface area (Å²) >= 11 is 5.64. The topological polar surface area (TPSA) is 90.4 Å². The first-order valence-electron chi connectivity index (χ1n) is 5.29. The number of aliphatic hydroxyl groups excluding tert-OH is 1. The van der Waals surface area contributed by atoms with Crippen LogP contribution in [0.2, 0.25) is 5.02 Å². The number of nitrogens with two attached hydrogens (primary N) is 1. The molecule has 20 heavy (non-hydrogen) atoms. The molecule has 4 N–H and O–H groups in total. The van der Waals surface area contributed by atoms with Crippen molar-refractivity contribution in [2.75, 3.05) is 6.54 Å². The smallest absolute Gasteiger partial charge is 0.382 e. The third-order valence-corrected chi connectivity index (χ3v) is 2.64. The molecule has 0 saturated heterocycles. The minimum atomic E-state index is -4.91. The molecule has 5 nitrogen and oxygen atoms in total. The van der Waals surface area contributed by atoms with E-state index >= 15 is 0 Å². The summed E-state index contributed by atoms with van der Waals surface area (Å²) in [5.74, 6) is -0.558. The lowest BCUT2D eigenvalue weighted by Gasteiger charge is -2.25. The Hall–Kier alpha value is -1.80. The van der Waals surface area contributed by atoms with Gasteiger partial charge in [0.05, 0.1) is 6.54 Å². The number of rotatable bonds is 3. The van der Waals surface area contributed by atoms with Crippen LogP contribution in [0.4, 0.5) is 18.0 Å². The van der Waals surface area contributed by atoms with Crippen molar-refractivity contribution >= 4 is 23.5 Å². The van der Waals surface area contributed by atoms with E-state index in [9.17, 15) is 18.0 Å². The fraction of sp³-hybridized carbons (Fsp3) is 0.273. The van der Waals surface area contributed by atoms with Gasteiger partial charge in [0.15, 0.2) is 6.10 Å². The molecular formula is C11H11ClF3N3O2. The summed E-state index contributed by atoms with van der Waals surface area (Å²) in [6.07, 6.45) is -7.70. The number of urea groups is 1. The molecule has 2 amide bonds. The van der Waals surface area contributed by atoms with Crippen LogP contribution in [0.15, 0.2) is 24.3 Å². The van der Waals surface area contributed by atoms with Gasteiger partial charge in [-0.25, -0.2) is 4.79 Å². The molecule has 1 aromatic carbocycles. The van der Waals surface area contributed by atoms with Crippen molar-refractivity contribution in [2.24, 2.45) is 5.73 Å². The Kier molecular flexibility index (Phi) is 4.96. The average Bonchev–Trinajstić information content (AvgIpc) is 2.34. The van der Waals surface area contributed by atoms with Crippen molar-refractivity contribution in [1.82, 2.24) is 4.90 Å². The summed E-state index contributed by atoms with van der Waals surface area (Å²) < 4.78 is 36.8. The lowest BCUT2D eigenvalue weighted by molar-refractivity contribution is -0.204. The number of nitrogens with one attached hydrogen (secondary N) is 1.